The zero-order valence-corrected chi connectivity index (χ0v) is 18.2. The van der Waals surface area contributed by atoms with Crippen molar-refractivity contribution >= 4 is 22.6 Å². The Kier molecular flexibility index (Phi) is 4.99. The second kappa shape index (κ2) is 8.04. The number of aliphatic hydroxyl groups is 1. The molecule has 2 aliphatic rings. The van der Waals surface area contributed by atoms with E-state index in [4.69, 9.17) is 30.8 Å². The summed E-state index contributed by atoms with van der Waals surface area (Å²) in [7, 11) is 0. The Morgan fingerprint density at radius 3 is 2.55 bits per heavy atom. The summed E-state index contributed by atoms with van der Waals surface area (Å²) in [5.41, 5.74) is 4.67. The molecule has 7 nitrogen and oxygen atoms in total. The van der Waals surface area contributed by atoms with Crippen molar-refractivity contribution in [2.45, 2.75) is 24.4 Å². The molecule has 2 aromatic carbocycles. The van der Waals surface area contributed by atoms with Gasteiger partial charge in [0, 0.05) is 17.2 Å². The molecule has 8 heteroatoms. The van der Waals surface area contributed by atoms with Crippen LogP contribution in [0.4, 0.5) is 0 Å². The van der Waals surface area contributed by atoms with Gasteiger partial charge in [-0.1, -0.05) is 54.1 Å². The molecule has 0 bridgehead atoms. The summed E-state index contributed by atoms with van der Waals surface area (Å²) in [6.07, 6.45) is -1.57. The molecular formula is C25H21ClN2O5. The number of pyridine rings is 1. The number of para-hydroxylation sites is 1. The van der Waals surface area contributed by atoms with Crippen LogP contribution in [-0.4, -0.2) is 57.8 Å². The molecule has 3 N–H and O–H groups in total. The van der Waals surface area contributed by atoms with Gasteiger partial charge in [-0.05, 0) is 17.7 Å². The second-order valence-electron chi connectivity index (χ2n) is 8.30. The van der Waals surface area contributed by atoms with Crippen LogP contribution in [0.3, 0.4) is 0 Å². The molecule has 2 saturated heterocycles. The summed E-state index contributed by atoms with van der Waals surface area (Å²) in [6.45, 7) is 0.607. The minimum Gasteiger partial charge on any atom is -0.507 e. The normalized spacial score (nSPS) is 24.3. The van der Waals surface area contributed by atoms with Gasteiger partial charge in [-0.15, -0.1) is 0 Å². The third kappa shape index (κ3) is 3.63. The number of aromatic amines is 1. The average Bonchev–Trinajstić information content (AvgIpc) is 3.50. The molecule has 6 rings (SSSR count). The van der Waals surface area contributed by atoms with E-state index in [-0.39, 0.29) is 30.7 Å². The van der Waals surface area contributed by atoms with E-state index in [0.29, 0.717) is 23.2 Å². The molecule has 4 heterocycles. The lowest BCUT2D eigenvalue weighted by atomic mass is 10.0. The SMILES string of the molecule is Oc1ccccc1-c1ccc(-c2nc3cc(OC4COC5C(O)COC45)[nH]c3cc2Cl)cc1. The van der Waals surface area contributed by atoms with E-state index < -0.39 is 6.10 Å². The van der Waals surface area contributed by atoms with Crippen LogP contribution in [0.25, 0.3) is 33.4 Å². The Balaban J connectivity index is 1.27. The van der Waals surface area contributed by atoms with Gasteiger partial charge in [-0.3, -0.25) is 0 Å². The van der Waals surface area contributed by atoms with Crippen molar-refractivity contribution < 1.29 is 24.4 Å². The average molecular weight is 465 g/mol. The molecule has 2 fully saturated rings. The smallest absolute Gasteiger partial charge is 0.193 e. The lowest BCUT2D eigenvalue weighted by Crippen LogP contribution is -2.34. The second-order valence-corrected chi connectivity index (χ2v) is 8.71. The van der Waals surface area contributed by atoms with Gasteiger partial charge in [0.15, 0.2) is 12.0 Å². The summed E-state index contributed by atoms with van der Waals surface area (Å²) in [6, 6.07) is 18.6. The lowest BCUT2D eigenvalue weighted by Gasteiger charge is -2.16. The monoisotopic (exact) mass is 464 g/mol. The van der Waals surface area contributed by atoms with Crippen molar-refractivity contribution in [3.05, 3.63) is 65.7 Å². The number of nitrogens with one attached hydrogen (secondary N) is 1. The van der Waals surface area contributed by atoms with Gasteiger partial charge >= 0.3 is 0 Å². The quantitative estimate of drug-likeness (QED) is 0.419. The zero-order chi connectivity index (χ0) is 22.5. The minimum atomic E-state index is -0.619. The molecule has 0 amide bonds. The molecule has 2 aromatic heterocycles. The van der Waals surface area contributed by atoms with Crippen LogP contribution in [0.5, 0.6) is 11.6 Å². The minimum absolute atomic E-state index is 0.235. The predicted molar refractivity (Wildman–Crippen MR) is 124 cm³/mol. The summed E-state index contributed by atoms with van der Waals surface area (Å²) in [5.74, 6) is 0.777. The van der Waals surface area contributed by atoms with E-state index >= 15 is 0 Å². The number of hydrogen-bond acceptors (Lipinski definition) is 6. The van der Waals surface area contributed by atoms with Crippen LogP contribution in [0.1, 0.15) is 0 Å². The van der Waals surface area contributed by atoms with Crippen LogP contribution in [0.2, 0.25) is 5.02 Å². The number of hydrogen-bond donors (Lipinski definition) is 3. The van der Waals surface area contributed by atoms with Gasteiger partial charge in [-0.25, -0.2) is 4.98 Å². The van der Waals surface area contributed by atoms with Crippen LogP contribution >= 0.6 is 11.6 Å². The number of benzene rings is 2. The van der Waals surface area contributed by atoms with E-state index in [1.165, 1.54) is 0 Å². The van der Waals surface area contributed by atoms with Gasteiger partial charge in [0.05, 0.1) is 35.0 Å². The molecule has 0 aliphatic carbocycles. The van der Waals surface area contributed by atoms with E-state index in [1.54, 1.807) is 12.1 Å². The first-order chi connectivity index (χ1) is 16.1. The van der Waals surface area contributed by atoms with E-state index in [2.05, 4.69) is 4.98 Å². The lowest BCUT2D eigenvalue weighted by molar-refractivity contribution is 0.00794. The van der Waals surface area contributed by atoms with E-state index in [1.807, 2.05) is 48.5 Å². The van der Waals surface area contributed by atoms with Crippen molar-refractivity contribution in [2.24, 2.45) is 0 Å². The molecular weight excluding hydrogens is 444 g/mol. The number of aliphatic hydroxyl groups excluding tert-OH is 1. The maximum atomic E-state index is 10.1. The molecule has 4 atom stereocenters. The van der Waals surface area contributed by atoms with Crippen LogP contribution < -0.4 is 4.74 Å². The predicted octanol–water partition coefficient (Wildman–Crippen LogP) is 4.16. The number of halogens is 1. The maximum absolute atomic E-state index is 10.1. The Labute approximate surface area is 194 Å². The van der Waals surface area contributed by atoms with Crippen molar-refractivity contribution in [2.75, 3.05) is 13.2 Å². The topological polar surface area (TPSA) is 96.8 Å². The fraction of sp³-hybridized carbons (Fsp3) is 0.240. The number of aromatic hydroxyl groups is 1. The highest BCUT2D eigenvalue weighted by Crippen LogP contribution is 2.35. The Bertz CT molecular complexity index is 1320. The number of ether oxygens (including phenoxy) is 3. The number of H-pyrrole nitrogens is 1. The van der Waals surface area contributed by atoms with Crippen molar-refractivity contribution in [1.29, 1.82) is 0 Å². The number of nitrogens with zero attached hydrogens (tertiary/aromatic N) is 1. The maximum Gasteiger partial charge on any atom is 0.193 e. The van der Waals surface area contributed by atoms with Gasteiger partial charge in [0.1, 0.15) is 24.1 Å². The van der Waals surface area contributed by atoms with Gasteiger partial charge in [0.25, 0.3) is 0 Å². The molecule has 2 aliphatic heterocycles. The standard InChI is InChI=1S/C25H21ClN2O5/c26-16-9-17-18(10-22(27-17)33-21-12-32-24-20(30)11-31-25(21)24)28-23(16)14-7-5-13(6-8-14)15-3-1-2-4-19(15)29/h1-10,20-21,24-25,27,29-30H,11-12H2. The van der Waals surface area contributed by atoms with Gasteiger partial charge in [0.2, 0.25) is 0 Å². The number of fused-ring (bicyclic) bond motifs is 2. The fourth-order valence-corrected chi connectivity index (χ4v) is 4.77. The molecule has 168 valence electrons. The van der Waals surface area contributed by atoms with Crippen molar-refractivity contribution in [1.82, 2.24) is 9.97 Å². The summed E-state index contributed by atoms with van der Waals surface area (Å²) >= 11 is 6.56. The Hall–Kier alpha value is -3.10. The third-order valence-corrected chi connectivity index (χ3v) is 6.45. The van der Waals surface area contributed by atoms with E-state index in [9.17, 15) is 10.2 Å². The number of rotatable bonds is 4. The molecule has 4 aromatic rings. The molecule has 0 spiro atoms. The highest BCUT2D eigenvalue weighted by Gasteiger charge is 2.48. The van der Waals surface area contributed by atoms with E-state index in [0.717, 1.165) is 27.7 Å². The third-order valence-electron chi connectivity index (χ3n) is 6.16. The number of phenolic OH excluding ortho intramolecular Hbond substituents is 1. The molecule has 4 unspecified atom stereocenters. The first-order valence-electron chi connectivity index (χ1n) is 10.7. The summed E-state index contributed by atoms with van der Waals surface area (Å²) in [5, 5.41) is 20.5. The van der Waals surface area contributed by atoms with Crippen LogP contribution in [0, 0.1) is 0 Å². The van der Waals surface area contributed by atoms with Gasteiger partial charge < -0.3 is 29.4 Å². The number of phenols is 1. The Morgan fingerprint density at radius 2 is 1.73 bits per heavy atom. The summed E-state index contributed by atoms with van der Waals surface area (Å²) in [4.78, 5) is 7.94. The molecule has 33 heavy (non-hydrogen) atoms. The first kappa shape index (κ1) is 20.5. The largest absolute Gasteiger partial charge is 0.507 e. The van der Waals surface area contributed by atoms with Crippen LogP contribution in [-0.2, 0) is 9.47 Å². The number of aromatic nitrogens is 2. The first-order valence-corrected chi connectivity index (χ1v) is 11.1. The highest BCUT2D eigenvalue weighted by molar-refractivity contribution is 6.33. The van der Waals surface area contributed by atoms with Crippen LogP contribution in [0.15, 0.2) is 60.7 Å². The summed E-state index contributed by atoms with van der Waals surface area (Å²) < 4.78 is 17.3. The van der Waals surface area contributed by atoms with Gasteiger partial charge in [-0.2, -0.15) is 0 Å². The zero-order valence-electron chi connectivity index (χ0n) is 17.4. The highest BCUT2D eigenvalue weighted by atomic mass is 35.5. The van der Waals surface area contributed by atoms with Crippen molar-refractivity contribution in [3.8, 4) is 34.0 Å². The molecule has 0 radical (unpaired) electrons. The molecule has 0 saturated carbocycles. The van der Waals surface area contributed by atoms with Crippen molar-refractivity contribution in [3.63, 3.8) is 0 Å². The Morgan fingerprint density at radius 1 is 0.970 bits per heavy atom. The fourth-order valence-electron chi connectivity index (χ4n) is 4.51.